The normalized spacial score (nSPS) is 20.3. The van der Waals surface area contributed by atoms with Crippen LogP contribution in [0.1, 0.15) is 23.7 Å². The molecule has 1 aliphatic rings. The van der Waals surface area contributed by atoms with E-state index < -0.39 is 6.10 Å². The summed E-state index contributed by atoms with van der Waals surface area (Å²) in [7, 11) is 0. The van der Waals surface area contributed by atoms with Crippen molar-refractivity contribution in [3.8, 4) is 0 Å². The summed E-state index contributed by atoms with van der Waals surface area (Å²) in [6.45, 7) is 3.45. The summed E-state index contributed by atoms with van der Waals surface area (Å²) in [5.41, 5.74) is 2.35. The zero-order valence-electron chi connectivity index (χ0n) is 13.5. The van der Waals surface area contributed by atoms with Crippen molar-refractivity contribution < 1.29 is 9.84 Å². The molecule has 1 saturated heterocycles. The lowest BCUT2D eigenvalue weighted by molar-refractivity contribution is -0.0255. The van der Waals surface area contributed by atoms with Gasteiger partial charge in [-0.25, -0.2) is 0 Å². The van der Waals surface area contributed by atoms with E-state index in [1.165, 1.54) is 5.56 Å². The van der Waals surface area contributed by atoms with E-state index in [4.69, 9.17) is 4.74 Å². The van der Waals surface area contributed by atoms with Gasteiger partial charge < -0.3 is 9.84 Å². The van der Waals surface area contributed by atoms with Gasteiger partial charge in [-0.2, -0.15) is 0 Å². The molecule has 0 amide bonds. The molecule has 23 heavy (non-hydrogen) atoms. The van der Waals surface area contributed by atoms with Crippen molar-refractivity contribution in [2.45, 2.75) is 25.0 Å². The number of aliphatic hydroxyl groups is 1. The topological polar surface area (TPSA) is 32.7 Å². The van der Waals surface area contributed by atoms with Gasteiger partial charge in [-0.1, -0.05) is 60.7 Å². The number of morpholine rings is 1. The summed E-state index contributed by atoms with van der Waals surface area (Å²) in [5.74, 6) is 0. The van der Waals surface area contributed by atoms with E-state index >= 15 is 0 Å². The quantitative estimate of drug-likeness (QED) is 0.890. The minimum atomic E-state index is -0.429. The van der Waals surface area contributed by atoms with Gasteiger partial charge in [0, 0.05) is 19.1 Å². The molecule has 2 atom stereocenters. The summed E-state index contributed by atoms with van der Waals surface area (Å²) in [5, 5.41) is 10.5. The van der Waals surface area contributed by atoms with Crippen molar-refractivity contribution in [3.63, 3.8) is 0 Å². The van der Waals surface area contributed by atoms with Crippen molar-refractivity contribution >= 4 is 0 Å². The lowest BCUT2D eigenvalue weighted by Crippen LogP contribution is -2.46. The van der Waals surface area contributed by atoms with E-state index in [0.29, 0.717) is 6.61 Å². The second-order valence-electron chi connectivity index (χ2n) is 6.16. The van der Waals surface area contributed by atoms with Crippen molar-refractivity contribution in [2.75, 3.05) is 26.3 Å². The molecular formula is C20H25NO2. The molecule has 0 spiro atoms. The third-order valence-electron chi connectivity index (χ3n) is 4.56. The molecule has 0 aliphatic carbocycles. The molecule has 1 N–H and O–H groups in total. The van der Waals surface area contributed by atoms with Gasteiger partial charge in [-0.05, 0) is 24.0 Å². The van der Waals surface area contributed by atoms with Gasteiger partial charge >= 0.3 is 0 Å². The first-order valence-electron chi connectivity index (χ1n) is 8.41. The summed E-state index contributed by atoms with van der Waals surface area (Å²) in [6.07, 6.45) is 1.33. The monoisotopic (exact) mass is 311 g/mol. The highest BCUT2D eigenvalue weighted by Crippen LogP contribution is 2.22. The van der Waals surface area contributed by atoms with Crippen LogP contribution in [0.25, 0.3) is 0 Å². The molecule has 1 heterocycles. The summed E-state index contributed by atoms with van der Waals surface area (Å²) in [4.78, 5) is 2.46. The lowest BCUT2D eigenvalue weighted by Gasteiger charge is -2.36. The SMILES string of the molecule is OC(CC1COCCN1CCc1ccccc1)c1ccccc1. The van der Waals surface area contributed by atoms with Gasteiger partial charge in [-0.15, -0.1) is 0 Å². The molecule has 2 aromatic rings. The Morgan fingerprint density at radius 3 is 2.48 bits per heavy atom. The molecular weight excluding hydrogens is 286 g/mol. The van der Waals surface area contributed by atoms with E-state index in [9.17, 15) is 5.11 Å². The number of aliphatic hydroxyl groups excluding tert-OH is 1. The van der Waals surface area contributed by atoms with Crippen molar-refractivity contribution in [1.29, 1.82) is 0 Å². The predicted octanol–water partition coefficient (Wildman–Crippen LogP) is 3.05. The highest BCUT2D eigenvalue weighted by Gasteiger charge is 2.25. The lowest BCUT2D eigenvalue weighted by atomic mass is 10.0. The molecule has 0 aromatic heterocycles. The molecule has 122 valence electrons. The van der Waals surface area contributed by atoms with Gasteiger partial charge in [0.15, 0.2) is 0 Å². The Bertz CT molecular complexity index is 573. The van der Waals surface area contributed by atoms with E-state index in [2.05, 4.69) is 35.2 Å². The van der Waals surface area contributed by atoms with Crippen LogP contribution in [0.15, 0.2) is 60.7 Å². The molecule has 2 unspecified atom stereocenters. The number of hydrogen-bond acceptors (Lipinski definition) is 3. The Morgan fingerprint density at radius 1 is 1.04 bits per heavy atom. The smallest absolute Gasteiger partial charge is 0.0805 e. The highest BCUT2D eigenvalue weighted by atomic mass is 16.5. The Labute approximate surface area is 138 Å². The Morgan fingerprint density at radius 2 is 1.74 bits per heavy atom. The van der Waals surface area contributed by atoms with E-state index in [1.54, 1.807) is 0 Å². The first-order valence-corrected chi connectivity index (χ1v) is 8.41. The van der Waals surface area contributed by atoms with Crippen molar-refractivity contribution in [2.24, 2.45) is 0 Å². The average Bonchev–Trinajstić information content (AvgIpc) is 2.62. The fourth-order valence-corrected chi connectivity index (χ4v) is 3.19. The molecule has 0 bridgehead atoms. The minimum Gasteiger partial charge on any atom is -0.388 e. The second-order valence-corrected chi connectivity index (χ2v) is 6.16. The van der Waals surface area contributed by atoms with E-state index in [-0.39, 0.29) is 6.04 Å². The van der Waals surface area contributed by atoms with E-state index in [0.717, 1.165) is 38.1 Å². The standard InChI is InChI=1S/C20H25NO2/c22-20(18-9-5-2-6-10-18)15-19-16-23-14-13-21(19)12-11-17-7-3-1-4-8-17/h1-10,19-20,22H,11-16H2. The average molecular weight is 311 g/mol. The van der Waals surface area contributed by atoms with Crippen LogP contribution in [0.3, 0.4) is 0 Å². The van der Waals surface area contributed by atoms with Gasteiger partial charge in [0.1, 0.15) is 0 Å². The highest BCUT2D eigenvalue weighted by molar-refractivity contribution is 5.18. The molecule has 1 fully saturated rings. The van der Waals surface area contributed by atoms with Gasteiger partial charge in [0.05, 0.1) is 19.3 Å². The van der Waals surface area contributed by atoms with Crippen LogP contribution < -0.4 is 0 Å². The fourth-order valence-electron chi connectivity index (χ4n) is 3.19. The molecule has 2 aromatic carbocycles. The molecule has 0 saturated carbocycles. The summed E-state index contributed by atoms with van der Waals surface area (Å²) >= 11 is 0. The second kappa shape index (κ2) is 8.25. The number of benzene rings is 2. The third-order valence-corrected chi connectivity index (χ3v) is 4.56. The third kappa shape index (κ3) is 4.64. The molecule has 1 aliphatic heterocycles. The Kier molecular flexibility index (Phi) is 5.81. The molecule has 3 nitrogen and oxygen atoms in total. The zero-order chi connectivity index (χ0) is 15.9. The summed E-state index contributed by atoms with van der Waals surface area (Å²) in [6, 6.07) is 20.8. The number of ether oxygens (including phenoxy) is 1. The van der Waals surface area contributed by atoms with Crippen LogP contribution in [-0.2, 0) is 11.2 Å². The largest absolute Gasteiger partial charge is 0.388 e. The van der Waals surface area contributed by atoms with Crippen LogP contribution in [0.2, 0.25) is 0 Å². The first-order chi connectivity index (χ1) is 11.3. The molecule has 3 rings (SSSR count). The minimum absolute atomic E-state index is 0.280. The number of rotatable bonds is 6. The van der Waals surface area contributed by atoms with Crippen LogP contribution in [0.5, 0.6) is 0 Å². The van der Waals surface area contributed by atoms with Gasteiger partial charge in [0.2, 0.25) is 0 Å². The maximum absolute atomic E-state index is 10.5. The van der Waals surface area contributed by atoms with Crippen LogP contribution in [0.4, 0.5) is 0 Å². The Balaban J connectivity index is 1.58. The summed E-state index contributed by atoms with van der Waals surface area (Å²) < 4.78 is 5.65. The first kappa shape index (κ1) is 16.2. The van der Waals surface area contributed by atoms with Gasteiger partial charge in [-0.3, -0.25) is 4.90 Å². The zero-order valence-corrected chi connectivity index (χ0v) is 13.5. The van der Waals surface area contributed by atoms with Gasteiger partial charge in [0.25, 0.3) is 0 Å². The van der Waals surface area contributed by atoms with Crippen LogP contribution in [-0.4, -0.2) is 42.4 Å². The van der Waals surface area contributed by atoms with Crippen molar-refractivity contribution in [3.05, 3.63) is 71.8 Å². The molecule has 0 radical (unpaired) electrons. The van der Waals surface area contributed by atoms with Crippen LogP contribution in [0, 0.1) is 0 Å². The number of hydrogen-bond donors (Lipinski definition) is 1. The Hall–Kier alpha value is -1.68. The maximum atomic E-state index is 10.5. The molecule has 3 heteroatoms. The number of nitrogens with zero attached hydrogens (tertiary/aromatic N) is 1. The van der Waals surface area contributed by atoms with Crippen LogP contribution >= 0.6 is 0 Å². The predicted molar refractivity (Wildman–Crippen MR) is 92.3 cm³/mol. The maximum Gasteiger partial charge on any atom is 0.0805 e. The van der Waals surface area contributed by atoms with E-state index in [1.807, 2.05) is 30.3 Å². The van der Waals surface area contributed by atoms with Crippen molar-refractivity contribution in [1.82, 2.24) is 4.90 Å². The fraction of sp³-hybridized carbons (Fsp3) is 0.400.